The van der Waals surface area contributed by atoms with Gasteiger partial charge in [0.1, 0.15) is 0 Å². The number of fused-ring (bicyclic) bond motifs is 2. The van der Waals surface area contributed by atoms with Crippen LogP contribution in [0, 0.1) is 0 Å². The molecule has 0 spiro atoms. The summed E-state index contributed by atoms with van der Waals surface area (Å²) in [4.78, 5) is 27.4. The van der Waals surface area contributed by atoms with Crippen LogP contribution in [0.5, 0.6) is 0 Å². The molecule has 17 heavy (non-hydrogen) atoms. The van der Waals surface area contributed by atoms with E-state index < -0.39 is 5.69 Å². The maximum atomic E-state index is 11.9. The van der Waals surface area contributed by atoms with Gasteiger partial charge in [0.05, 0.1) is 0 Å². The van der Waals surface area contributed by atoms with Crippen LogP contribution in [-0.2, 0) is 7.05 Å². The Hall–Kier alpha value is -1.71. The van der Waals surface area contributed by atoms with E-state index in [1.54, 1.807) is 0 Å². The molecule has 2 aliphatic rings. The molecule has 1 aromatic rings. The molecule has 1 aromatic carbocycles. The van der Waals surface area contributed by atoms with E-state index in [-0.39, 0.29) is 20.1 Å². The Morgan fingerprint density at radius 2 is 2.00 bits per heavy atom. The molecular weight excluding hydrogens is 283 g/mol. The predicted octanol–water partition coefficient (Wildman–Crippen LogP) is 0.455. The normalized spacial score (nSPS) is 11.1. The molecule has 0 fully saturated rings. The van der Waals surface area contributed by atoms with E-state index in [1.165, 1.54) is 7.05 Å². The van der Waals surface area contributed by atoms with E-state index in [4.69, 9.17) is 0 Å². The molecule has 0 amide bonds. The van der Waals surface area contributed by atoms with E-state index in [0.717, 1.165) is 14.2 Å². The van der Waals surface area contributed by atoms with E-state index in [9.17, 15) is 9.59 Å². The van der Waals surface area contributed by atoms with Crippen LogP contribution in [0.1, 0.15) is 0 Å². The number of hydrogen-bond donors (Lipinski definition) is 0. The van der Waals surface area contributed by atoms with Crippen molar-refractivity contribution in [3.05, 3.63) is 51.2 Å². The Labute approximate surface area is 102 Å². The van der Waals surface area contributed by atoms with Crippen molar-refractivity contribution in [2.75, 3.05) is 0 Å². The summed E-state index contributed by atoms with van der Waals surface area (Å²) in [7, 11) is 1.46. The van der Waals surface area contributed by atoms with Gasteiger partial charge in [-0.1, -0.05) is 0 Å². The second kappa shape index (κ2) is 3.65. The van der Waals surface area contributed by atoms with Gasteiger partial charge < -0.3 is 0 Å². The number of benzene rings is 1. The van der Waals surface area contributed by atoms with Crippen molar-refractivity contribution in [1.82, 2.24) is 9.55 Å². The molecule has 0 N–H and O–H groups in total. The molecule has 5 heteroatoms. The van der Waals surface area contributed by atoms with Gasteiger partial charge in [0.2, 0.25) is 0 Å². The zero-order chi connectivity index (χ0) is 12.0. The SMILES string of the molecule is Cn1c(=O)nc2[se]c3ccccc3cc-2c1=O. The first-order valence-corrected chi connectivity index (χ1v) is 6.78. The molecule has 0 saturated carbocycles. The van der Waals surface area contributed by atoms with E-state index in [1.807, 2.05) is 30.3 Å². The average molecular weight is 291 g/mol. The van der Waals surface area contributed by atoms with Crippen LogP contribution in [0.15, 0.2) is 39.9 Å². The van der Waals surface area contributed by atoms with Gasteiger partial charge in [-0.3, -0.25) is 0 Å². The van der Waals surface area contributed by atoms with Crippen LogP contribution >= 0.6 is 0 Å². The Balaban J connectivity index is 2.58. The molecular formula is C12H8N2O2Se. The Morgan fingerprint density at radius 1 is 1.24 bits per heavy atom. The van der Waals surface area contributed by atoms with Crippen LogP contribution < -0.4 is 11.2 Å². The second-order valence-corrected chi connectivity index (χ2v) is 5.92. The van der Waals surface area contributed by atoms with Crippen LogP contribution in [0.3, 0.4) is 0 Å². The number of nitrogens with zero attached hydrogens (tertiary/aromatic N) is 2. The van der Waals surface area contributed by atoms with Crippen molar-refractivity contribution in [2.45, 2.75) is 0 Å². The van der Waals surface area contributed by atoms with Gasteiger partial charge in [0, 0.05) is 0 Å². The van der Waals surface area contributed by atoms with Gasteiger partial charge in [-0.2, -0.15) is 0 Å². The first-order chi connectivity index (χ1) is 8.16. The molecule has 0 saturated heterocycles. The van der Waals surface area contributed by atoms with E-state index in [2.05, 4.69) is 4.98 Å². The monoisotopic (exact) mass is 292 g/mol. The molecule has 0 atom stereocenters. The molecule has 0 unspecified atom stereocenters. The first-order valence-electron chi connectivity index (χ1n) is 5.06. The summed E-state index contributed by atoms with van der Waals surface area (Å²) in [5.41, 5.74) is -0.161. The predicted molar refractivity (Wildman–Crippen MR) is 66.8 cm³/mol. The summed E-state index contributed by atoms with van der Waals surface area (Å²) in [6, 6.07) is 9.71. The van der Waals surface area contributed by atoms with Crippen molar-refractivity contribution in [3.8, 4) is 10.1 Å². The summed E-state index contributed by atoms with van der Waals surface area (Å²) in [6.45, 7) is 0. The van der Waals surface area contributed by atoms with Crippen molar-refractivity contribution in [3.63, 3.8) is 0 Å². The third-order valence-corrected chi connectivity index (χ3v) is 4.98. The quantitative estimate of drug-likeness (QED) is 0.446. The van der Waals surface area contributed by atoms with Crippen molar-refractivity contribution in [1.29, 1.82) is 0 Å². The summed E-state index contributed by atoms with van der Waals surface area (Å²) < 4.78 is 2.86. The Bertz CT molecular complexity index is 804. The molecule has 2 aliphatic heterocycles. The van der Waals surface area contributed by atoms with Gasteiger partial charge in [-0.05, 0) is 0 Å². The fourth-order valence-corrected chi connectivity index (χ4v) is 3.79. The summed E-state index contributed by atoms with van der Waals surface area (Å²) in [5, 5.41) is 1.05. The van der Waals surface area contributed by atoms with Gasteiger partial charge in [-0.15, -0.1) is 0 Å². The fourth-order valence-electron chi connectivity index (χ4n) is 1.73. The van der Waals surface area contributed by atoms with Gasteiger partial charge >= 0.3 is 102 Å². The third-order valence-electron chi connectivity index (χ3n) is 2.68. The number of hydrogen-bond acceptors (Lipinski definition) is 3. The zero-order valence-electron chi connectivity index (χ0n) is 9.01. The molecule has 0 radical (unpaired) electrons. The number of aromatic nitrogens is 2. The molecule has 0 aromatic heterocycles. The van der Waals surface area contributed by atoms with Gasteiger partial charge in [0.15, 0.2) is 0 Å². The summed E-state index contributed by atoms with van der Waals surface area (Å²) in [5.74, 6) is 0. The van der Waals surface area contributed by atoms with E-state index in [0.29, 0.717) is 10.1 Å². The minimum atomic E-state index is -0.469. The van der Waals surface area contributed by atoms with Crippen molar-refractivity contribution in [2.24, 2.45) is 7.05 Å². The van der Waals surface area contributed by atoms with Gasteiger partial charge in [-0.25, -0.2) is 0 Å². The molecule has 2 heterocycles. The third kappa shape index (κ3) is 1.55. The molecule has 84 valence electrons. The van der Waals surface area contributed by atoms with Gasteiger partial charge in [0.25, 0.3) is 0 Å². The minimum absolute atomic E-state index is 0.0622. The van der Waals surface area contributed by atoms with Crippen LogP contribution in [0.4, 0.5) is 0 Å². The second-order valence-electron chi connectivity index (χ2n) is 3.76. The molecule has 3 rings (SSSR count). The van der Waals surface area contributed by atoms with Crippen LogP contribution in [-0.4, -0.2) is 24.1 Å². The Morgan fingerprint density at radius 3 is 2.82 bits per heavy atom. The van der Waals surface area contributed by atoms with E-state index >= 15 is 0 Å². The standard InChI is InChI=1S/C12H8N2O2Se/c1-14-11(15)8-6-7-4-2-3-5-9(7)17-10(8)13-12(14)16/h2-6H,1H3. The fraction of sp³-hybridized carbons (Fsp3) is 0.0833. The molecule has 0 bridgehead atoms. The summed E-state index contributed by atoms with van der Waals surface area (Å²) >= 11 is -0.0622. The maximum absolute atomic E-state index is 11.9. The van der Waals surface area contributed by atoms with Crippen molar-refractivity contribution < 1.29 is 0 Å². The first kappa shape index (κ1) is 10.4. The van der Waals surface area contributed by atoms with Crippen molar-refractivity contribution >= 4 is 24.1 Å². The molecule has 0 aliphatic carbocycles. The summed E-state index contributed by atoms with van der Waals surface area (Å²) in [6.07, 6.45) is 0. The zero-order valence-corrected chi connectivity index (χ0v) is 10.7. The topological polar surface area (TPSA) is 52.0 Å². The Kier molecular flexibility index (Phi) is 2.24. The van der Waals surface area contributed by atoms with Crippen LogP contribution in [0.25, 0.3) is 19.8 Å². The van der Waals surface area contributed by atoms with Crippen LogP contribution in [0.2, 0.25) is 0 Å². The average Bonchev–Trinajstić information content (AvgIpc) is 2.34. The number of rotatable bonds is 0. The molecule has 4 nitrogen and oxygen atoms in total.